The lowest BCUT2D eigenvalue weighted by molar-refractivity contribution is -0.0922. The zero-order valence-corrected chi connectivity index (χ0v) is 12.3. The Balaban J connectivity index is 1.82. The molecule has 1 heterocycles. The molecule has 3 nitrogen and oxygen atoms in total. The Morgan fingerprint density at radius 1 is 1.26 bits per heavy atom. The Morgan fingerprint density at radius 2 is 2.00 bits per heavy atom. The first-order valence-corrected chi connectivity index (χ1v) is 7.16. The van der Waals surface area contributed by atoms with Crippen LogP contribution in [-0.4, -0.2) is 32.8 Å². The summed E-state index contributed by atoms with van der Waals surface area (Å²) in [6.07, 6.45) is 1.63. The summed E-state index contributed by atoms with van der Waals surface area (Å²) in [5.41, 5.74) is 2.71. The van der Waals surface area contributed by atoms with Gasteiger partial charge in [0, 0.05) is 38.1 Å². The van der Waals surface area contributed by atoms with Crippen molar-refractivity contribution in [3.63, 3.8) is 0 Å². The van der Waals surface area contributed by atoms with E-state index in [1.165, 1.54) is 17.8 Å². The Kier molecular flexibility index (Phi) is 2.97. The molecule has 2 fully saturated rings. The average molecular weight is 260 g/mol. The zero-order valence-electron chi connectivity index (χ0n) is 12.3. The smallest absolute Gasteiger partial charge is 0.0694 e. The van der Waals surface area contributed by atoms with Crippen molar-refractivity contribution in [2.75, 3.05) is 30.9 Å². The van der Waals surface area contributed by atoms with Gasteiger partial charge < -0.3 is 15.0 Å². The quantitative estimate of drug-likeness (QED) is 0.904. The highest BCUT2D eigenvalue weighted by molar-refractivity contribution is 5.70. The molecular weight excluding hydrogens is 236 g/mol. The predicted octanol–water partition coefficient (Wildman–Crippen LogP) is 2.98. The summed E-state index contributed by atoms with van der Waals surface area (Å²) in [5, 5.41) is 3.77. The van der Waals surface area contributed by atoms with E-state index in [1.54, 1.807) is 0 Å². The Labute approximate surface area is 115 Å². The third kappa shape index (κ3) is 1.91. The molecule has 3 atom stereocenters. The van der Waals surface area contributed by atoms with E-state index in [-0.39, 0.29) is 5.41 Å². The number of nitrogens with one attached hydrogen (secondary N) is 1. The first-order chi connectivity index (χ1) is 9.01. The molecule has 1 aliphatic carbocycles. The first-order valence-electron chi connectivity index (χ1n) is 7.16. The van der Waals surface area contributed by atoms with Gasteiger partial charge in [-0.1, -0.05) is 26.0 Å². The van der Waals surface area contributed by atoms with Gasteiger partial charge in [-0.05, 0) is 18.6 Å². The van der Waals surface area contributed by atoms with Gasteiger partial charge in [0.05, 0.1) is 17.5 Å². The molecule has 19 heavy (non-hydrogen) atoms. The van der Waals surface area contributed by atoms with Gasteiger partial charge in [0.1, 0.15) is 0 Å². The van der Waals surface area contributed by atoms with Gasteiger partial charge in [0.25, 0.3) is 0 Å². The maximum Gasteiger partial charge on any atom is 0.0694 e. The SMILES string of the molecule is CN(C)c1ccccc1NC1C2CCOC2C1(C)C. The highest BCUT2D eigenvalue weighted by Gasteiger charge is 2.59. The third-order valence-corrected chi connectivity index (χ3v) is 4.80. The summed E-state index contributed by atoms with van der Waals surface area (Å²) in [7, 11) is 4.18. The predicted molar refractivity (Wildman–Crippen MR) is 79.8 cm³/mol. The second-order valence-electron chi connectivity index (χ2n) is 6.60. The number of benzene rings is 1. The van der Waals surface area contributed by atoms with E-state index in [2.05, 4.69) is 62.4 Å². The van der Waals surface area contributed by atoms with Gasteiger partial charge in [-0.2, -0.15) is 0 Å². The molecule has 0 spiro atoms. The molecule has 1 aliphatic heterocycles. The molecule has 1 N–H and O–H groups in total. The Hall–Kier alpha value is -1.22. The van der Waals surface area contributed by atoms with E-state index >= 15 is 0 Å². The van der Waals surface area contributed by atoms with Crippen LogP contribution in [0.3, 0.4) is 0 Å². The summed E-state index contributed by atoms with van der Waals surface area (Å²) in [6, 6.07) is 9.05. The first kappa shape index (κ1) is 12.8. The van der Waals surface area contributed by atoms with Crippen LogP contribution in [0.4, 0.5) is 11.4 Å². The minimum absolute atomic E-state index is 0.223. The second-order valence-corrected chi connectivity index (χ2v) is 6.60. The number of fused-ring (bicyclic) bond motifs is 1. The fourth-order valence-electron chi connectivity index (χ4n) is 3.77. The molecule has 2 aliphatic rings. The molecule has 0 radical (unpaired) electrons. The van der Waals surface area contributed by atoms with Gasteiger partial charge in [0.15, 0.2) is 0 Å². The van der Waals surface area contributed by atoms with E-state index in [9.17, 15) is 0 Å². The van der Waals surface area contributed by atoms with Crippen molar-refractivity contribution in [1.82, 2.24) is 0 Å². The maximum absolute atomic E-state index is 5.86. The van der Waals surface area contributed by atoms with Gasteiger partial charge in [0.2, 0.25) is 0 Å². The van der Waals surface area contributed by atoms with Gasteiger partial charge in [-0.3, -0.25) is 0 Å². The lowest BCUT2D eigenvalue weighted by Crippen LogP contribution is -2.63. The van der Waals surface area contributed by atoms with Crippen LogP contribution in [0, 0.1) is 11.3 Å². The van der Waals surface area contributed by atoms with Crippen LogP contribution < -0.4 is 10.2 Å². The van der Waals surface area contributed by atoms with Crippen molar-refractivity contribution < 1.29 is 4.74 Å². The molecular formula is C16H24N2O. The van der Waals surface area contributed by atoms with Crippen LogP contribution in [-0.2, 0) is 4.74 Å². The standard InChI is InChI=1S/C16H24N2O/c1-16(2)14(11-9-10-19-15(11)16)17-12-7-5-6-8-13(12)18(3)4/h5-8,11,14-15,17H,9-10H2,1-4H3. The molecule has 3 rings (SSSR count). The Morgan fingerprint density at radius 3 is 2.74 bits per heavy atom. The molecule has 0 bridgehead atoms. The normalized spacial score (nSPS) is 31.5. The van der Waals surface area contributed by atoms with E-state index in [1.807, 2.05) is 0 Å². The summed E-state index contributed by atoms with van der Waals surface area (Å²) in [6.45, 7) is 5.55. The monoisotopic (exact) mass is 260 g/mol. The summed E-state index contributed by atoms with van der Waals surface area (Å²) >= 11 is 0. The Bertz CT molecular complexity index is 470. The highest BCUT2D eigenvalue weighted by Crippen LogP contribution is 2.53. The fourth-order valence-corrected chi connectivity index (χ4v) is 3.77. The van der Waals surface area contributed by atoms with Crippen molar-refractivity contribution in [2.45, 2.75) is 32.4 Å². The van der Waals surface area contributed by atoms with E-state index in [0.717, 1.165) is 6.61 Å². The van der Waals surface area contributed by atoms with Gasteiger partial charge in [-0.15, -0.1) is 0 Å². The number of para-hydroxylation sites is 2. The van der Waals surface area contributed by atoms with Crippen LogP contribution in [0.15, 0.2) is 24.3 Å². The van der Waals surface area contributed by atoms with Crippen LogP contribution in [0.2, 0.25) is 0 Å². The molecule has 3 unspecified atom stereocenters. The van der Waals surface area contributed by atoms with Crippen LogP contribution in [0.1, 0.15) is 20.3 Å². The third-order valence-electron chi connectivity index (χ3n) is 4.80. The number of hydrogen-bond donors (Lipinski definition) is 1. The van der Waals surface area contributed by atoms with Crippen molar-refractivity contribution in [2.24, 2.45) is 11.3 Å². The summed E-state index contributed by atoms with van der Waals surface area (Å²) in [5.74, 6) is 0.671. The molecule has 0 aromatic heterocycles. The number of anilines is 2. The summed E-state index contributed by atoms with van der Waals surface area (Å²) in [4.78, 5) is 2.16. The molecule has 1 aromatic rings. The summed E-state index contributed by atoms with van der Waals surface area (Å²) < 4.78 is 5.86. The molecule has 104 valence electrons. The largest absolute Gasteiger partial charge is 0.380 e. The fraction of sp³-hybridized carbons (Fsp3) is 0.625. The number of nitrogens with zero attached hydrogens (tertiary/aromatic N) is 1. The second kappa shape index (κ2) is 4.41. The minimum Gasteiger partial charge on any atom is -0.380 e. The maximum atomic E-state index is 5.86. The molecule has 0 amide bonds. The molecule has 1 saturated heterocycles. The van der Waals surface area contributed by atoms with Gasteiger partial charge >= 0.3 is 0 Å². The molecule has 3 heteroatoms. The van der Waals surface area contributed by atoms with Crippen molar-refractivity contribution in [1.29, 1.82) is 0 Å². The van der Waals surface area contributed by atoms with E-state index in [0.29, 0.717) is 18.1 Å². The average Bonchev–Trinajstić information content (AvgIpc) is 2.83. The molecule has 1 saturated carbocycles. The van der Waals surface area contributed by atoms with Crippen molar-refractivity contribution in [3.05, 3.63) is 24.3 Å². The van der Waals surface area contributed by atoms with Crippen LogP contribution in [0.5, 0.6) is 0 Å². The zero-order chi connectivity index (χ0) is 13.6. The highest BCUT2D eigenvalue weighted by atomic mass is 16.5. The minimum atomic E-state index is 0.223. The van der Waals surface area contributed by atoms with Crippen LogP contribution >= 0.6 is 0 Å². The lowest BCUT2D eigenvalue weighted by Gasteiger charge is -2.55. The van der Waals surface area contributed by atoms with Crippen molar-refractivity contribution in [3.8, 4) is 0 Å². The number of rotatable bonds is 3. The van der Waals surface area contributed by atoms with Crippen molar-refractivity contribution >= 4 is 11.4 Å². The van der Waals surface area contributed by atoms with Crippen LogP contribution in [0.25, 0.3) is 0 Å². The lowest BCUT2D eigenvalue weighted by atomic mass is 9.57. The van der Waals surface area contributed by atoms with E-state index < -0.39 is 0 Å². The number of hydrogen-bond acceptors (Lipinski definition) is 3. The van der Waals surface area contributed by atoms with E-state index in [4.69, 9.17) is 4.74 Å². The topological polar surface area (TPSA) is 24.5 Å². The molecule has 1 aromatic carbocycles. The number of ether oxygens (including phenoxy) is 1. The van der Waals surface area contributed by atoms with Gasteiger partial charge in [-0.25, -0.2) is 0 Å².